The fourth-order valence-electron chi connectivity index (χ4n) is 15.4. The minimum Gasteiger partial charge on any atom is -0.508 e. The lowest BCUT2D eigenvalue weighted by atomic mass is 10.0. The van der Waals surface area contributed by atoms with E-state index in [1.165, 1.54) is 6.07 Å². The Bertz CT molecular complexity index is 6750. The first-order valence-corrected chi connectivity index (χ1v) is 47.3. The standard InChI is InChI=1S/C29H29F3N4O2.C25H21BrF3N3O.C22H23F3N4O2.C16H16F3NO.C9H6BrClN2.C4H9NO/c1-19(22-14-23(29(30,31)32)16-25(15-22)38-18-21-6-4-3-5-7-21)33-28-27-17-24(36-10-12-37-13-11-36)8-9-26(27)20(2)34-35-28;1-15(30-24-23-13-20(26)8-9-22(23)16(2)31-32-24)18-10-19(25(27,28)29)12-21(11-18)33-14-17-6-4-3-5-7-17;1-13(15-9-16(22(23,24)25)11-18(30)10-15)26-21-20-12-17(29-5-7-31-8-6-29)3-4-19(20)14(2)27-28-21;1-11(20)13-7-14(16(17,18)19)9-15(8-13)21-10-12-5-3-2-4-6-12;1-5-7-3-2-6(10)4-8(7)9(11)13-12-5;1-3-6-4-2-5-1/h3-9,14-17,19H,10-13,18H2,1-2H3,(H,33,35);3-13,15H,14H2,1-2H3,(H,30,32);3-4,9-13,30H,5-8H2,1-2H3,(H,26,28);2-9,11H,10,20H2,1H3;2-4H,1H3;5H,1-4H2/t19-;15-;13-;11-;;/m1111../s1. The van der Waals surface area contributed by atoms with E-state index in [4.69, 9.17) is 45.8 Å². The molecule has 3 aliphatic heterocycles. The van der Waals surface area contributed by atoms with Crippen LogP contribution in [0.4, 0.5) is 81.5 Å². The summed E-state index contributed by atoms with van der Waals surface area (Å²) in [6.45, 7) is 24.6. The van der Waals surface area contributed by atoms with E-state index in [-0.39, 0.29) is 37.1 Å². The van der Waals surface area contributed by atoms with Gasteiger partial charge in [0.15, 0.2) is 22.6 Å². The number of halogens is 15. The molecule has 7 heterocycles. The molecule has 0 unspecified atom stereocenters. The predicted octanol–water partition coefficient (Wildman–Crippen LogP) is 26.0. The lowest BCUT2D eigenvalue weighted by Gasteiger charge is -2.29. The molecule has 0 aliphatic carbocycles. The van der Waals surface area contributed by atoms with Gasteiger partial charge in [-0.15, -0.1) is 20.4 Å². The SMILES string of the molecule is C1COCCN1.C[C@@H](N)c1cc(OCc2ccccc2)cc(C(F)(F)F)c1.Cc1nnc(Cl)c2cc(Br)ccc12.Cc1nnc(N[C@H](C)c2cc(O)cc(C(F)(F)F)c2)c2cc(N3CCOCC3)ccc12.Cc1nnc(N[C@H](C)c2cc(OCc3ccccc3)cc(C(F)(F)F)c2)c2cc(Br)ccc12.Cc1nnc(N[C@H](C)c2cc(OCc3ccccc3)cc(C(F)(F)F)c2)c2cc(N3CCOCC3)ccc12. The molecular weight excluding hydrogens is 2010 g/mol. The zero-order valence-corrected chi connectivity index (χ0v) is 82.5. The molecule has 22 nitrogen and oxygen atoms in total. The van der Waals surface area contributed by atoms with Crippen LogP contribution in [0.15, 0.2) is 246 Å². The largest absolute Gasteiger partial charge is 0.508 e. The van der Waals surface area contributed by atoms with Crippen LogP contribution in [0.3, 0.4) is 0 Å². The first kappa shape index (κ1) is 106. The Labute approximate surface area is 834 Å². The Morgan fingerprint density at radius 2 is 0.669 bits per heavy atom. The van der Waals surface area contributed by atoms with Gasteiger partial charge in [0, 0.05) is 109 Å². The van der Waals surface area contributed by atoms with Gasteiger partial charge in [-0.3, -0.25) is 0 Å². The zero-order chi connectivity index (χ0) is 102. The van der Waals surface area contributed by atoms with E-state index in [9.17, 15) is 57.8 Å². The molecule has 0 radical (unpaired) electrons. The van der Waals surface area contributed by atoms with Gasteiger partial charge in [-0.05, 0) is 216 Å². The minimum atomic E-state index is -4.55. The van der Waals surface area contributed by atoms with Gasteiger partial charge >= 0.3 is 24.7 Å². The van der Waals surface area contributed by atoms with Crippen molar-refractivity contribution in [1.29, 1.82) is 0 Å². The number of ether oxygens (including phenoxy) is 6. The van der Waals surface area contributed by atoms with Gasteiger partial charge in [-0.2, -0.15) is 73.1 Å². The molecule has 142 heavy (non-hydrogen) atoms. The van der Waals surface area contributed by atoms with Crippen molar-refractivity contribution in [2.75, 3.05) is 105 Å². The number of benzene rings is 11. The lowest BCUT2D eigenvalue weighted by molar-refractivity contribution is -0.138. The molecule has 18 rings (SSSR count). The minimum absolute atomic E-state index is 0.153. The second kappa shape index (κ2) is 48.8. The average Bonchev–Trinajstić information content (AvgIpc) is 0.783. The summed E-state index contributed by atoms with van der Waals surface area (Å²) in [7, 11) is 0. The van der Waals surface area contributed by atoms with Crippen LogP contribution in [-0.2, 0) is 58.7 Å². The van der Waals surface area contributed by atoms with E-state index in [0.29, 0.717) is 77.4 Å². The number of aryl methyl sites for hydroxylation is 4. The fraction of sp³-hybridized carbons (Fsp3) is 0.295. The monoisotopic (exact) mass is 2110 g/mol. The van der Waals surface area contributed by atoms with E-state index in [1.807, 2.05) is 179 Å². The summed E-state index contributed by atoms with van der Waals surface area (Å²) < 4.78 is 195. The number of hydrogen-bond donors (Lipinski definition) is 6. The van der Waals surface area contributed by atoms with Crippen LogP contribution < -0.4 is 51.0 Å². The Morgan fingerprint density at radius 3 is 1.01 bits per heavy atom. The van der Waals surface area contributed by atoms with Crippen molar-refractivity contribution in [2.45, 2.75) is 124 Å². The smallest absolute Gasteiger partial charge is 0.416 e. The normalized spacial score (nSPS) is 14.3. The second-order valence-electron chi connectivity index (χ2n) is 33.8. The number of phenolic OH excluding ortho intramolecular Hbond substituents is 1. The van der Waals surface area contributed by atoms with Crippen molar-refractivity contribution >= 4 is 115 Å². The van der Waals surface area contributed by atoms with Crippen LogP contribution in [0.25, 0.3) is 43.1 Å². The topological polar surface area (TPSA) is 259 Å². The highest BCUT2D eigenvalue weighted by atomic mass is 79.9. The van der Waals surface area contributed by atoms with Crippen molar-refractivity contribution in [1.82, 2.24) is 46.1 Å². The van der Waals surface area contributed by atoms with Gasteiger partial charge in [0.1, 0.15) is 42.8 Å². The van der Waals surface area contributed by atoms with Crippen molar-refractivity contribution < 1.29 is 86.2 Å². The number of hydrogen-bond acceptors (Lipinski definition) is 22. The number of nitrogens with zero attached hydrogens (tertiary/aromatic N) is 10. The Morgan fingerprint density at radius 1 is 0.366 bits per heavy atom. The van der Waals surface area contributed by atoms with Crippen LogP contribution in [-0.4, -0.2) is 125 Å². The predicted molar refractivity (Wildman–Crippen MR) is 536 cm³/mol. The van der Waals surface area contributed by atoms with Gasteiger partial charge in [0.2, 0.25) is 0 Å². The quantitative estimate of drug-likeness (QED) is 0.0365. The van der Waals surface area contributed by atoms with Gasteiger partial charge in [-0.1, -0.05) is 159 Å². The molecule has 7 N–H and O–H groups in total. The molecule has 0 bridgehead atoms. The molecule has 3 aliphatic rings. The van der Waals surface area contributed by atoms with Crippen LogP contribution in [0.2, 0.25) is 5.15 Å². The fourth-order valence-corrected chi connectivity index (χ4v) is 16.3. The van der Waals surface area contributed by atoms with E-state index in [2.05, 4.69) is 116 Å². The number of fused-ring (bicyclic) bond motifs is 4. The summed E-state index contributed by atoms with van der Waals surface area (Å²) in [6.07, 6.45) is -18.0. The van der Waals surface area contributed by atoms with E-state index < -0.39 is 76.9 Å². The number of aromatic nitrogens is 8. The Kier molecular flexibility index (Phi) is 36.6. The van der Waals surface area contributed by atoms with Crippen molar-refractivity contribution in [3.05, 3.63) is 335 Å². The molecule has 15 aromatic rings. The summed E-state index contributed by atoms with van der Waals surface area (Å²) in [5.74, 6) is 1.52. The van der Waals surface area contributed by atoms with E-state index in [0.717, 1.165) is 198 Å². The number of rotatable bonds is 21. The van der Waals surface area contributed by atoms with Gasteiger partial charge in [-0.25, -0.2) is 0 Å². The maximum absolute atomic E-state index is 13.8. The molecule has 3 saturated heterocycles. The molecule has 4 atom stereocenters. The number of nitrogens with two attached hydrogens (primary N) is 1. The van der Waals surface area contributed by atoms with Crippen LogP contribution in [0.5, 0.6) is 23.0 Å². The van der Waals surface area contributed by atoms with Crippen LogP contribution >= 0.6 is 43.5 Å². The summed E-state index contributed by atoms with van der Waals surface area (Å²) >= 11 is 12.8. The molecule has 0 amide bonds. The first-order valence-electron chi connectivity index (χ1n) is 45.4. The van der Waals surface area contributed by atoms with Crippen LogP contribution in [0, 0.1) is 27.7 Å². The van der Waals surface area contributed by atoms with Crippen molar-refractivity contribution in [3.63, 3.8) is 0 Å². The Balaban J connectivity index is 0.000000151. The van der Waals surface area contributed by atoms with Gasteiger partial charge in [0.05, 0.1) is 103 Å². The van der Waals surface area contributed by atoms with Crippen molar-refractivity contribution in [3.8, 4) is 23.0 Å². The molecule has 746 valence electrons. The highest BCUT2D eigenvalue weighted by Crippen LogP contribution is 2.43. The molecular formula is C105H104Br2ClF12N15O7. The molecule has 0 spiro atoms. The zero-order valence-electron chi connectivity index (χ0n) is 78.5. The molecule has 3 fully saturated rings. The molecule has 37 heteroatoms. The number of morpholine rings is 3. The number of nitrogens with one attached hydrogen (secondary N) is 4. The summed E-state index contributed by atoms with van der Waals surface area (Å²) in [5, 5.41) is 63.7. The number of alkyl halides is 12. The first-order chi connectivity index (χ1) is 67.7. The maximum Gasteiger partial charge on any atom is 0.416 e. The molecule has 11 aromatic carbocycles. The van der Waals surface area contributed by atoms with Gasteiger partial charge < -0.3 is 70.3 Å². The molecule has 0 saturated carbocycles. The third-order valence-electron chi connectivity index (χ3n) is 23.2. The van der Waals surface area contributed by atoms with Crippen LogP contribution in [0.1, 0.15) is 136 Å². The number of aromatic hydroxyl groups is 1. The van der Waals surface area contributed by atoms with E-state index >= 15 is 0 Å². The van der Waals surface area contributed by atoms with E-state index in [1.54, 1.807) is 45.9 Å². The Hall–Kier alpha value is -12.8. The third kappa shape index (κ3) is 29.9. The van der Waals surface area contributed by atoms with Gasteiger partial charge in [0.25, 0.3) is 0 Å². The number of anilines is 5. The van der Waals surface area contributed by atoms with Crippen molar-refractivity contribution in [2.24, 2.45) is 5.73 Å². The number of phenols is 1. The molecule has 4 aromatic heterocycles. The lowest BCUT2D eigenvalue weighted by Crippen LogP contribution is -2.36. The average molecular weight is 2110 g/mol. The second-order valence-corrected chi connectivity index (χ2v) is 36.0. The highest BCUT2D eigenvalue weighted by molar-refractivity contribution is 9.10. The summed E-state index contributed by atoms with van der Waals surface area (Å²) in [6, 6.07) is 63.9. The summed E-state index contributed by atoms with van der Waals surface area (Å²) in [5.41, 5.74) is 12.0. The summed E-state index contributed by atoms with van der Waals surface area (Å²) in [4.78, 5) is 4.46. The maximum atomic E-state index is 13.8. The highest BCUT2D eigenvalue weighted by Gasteiger charge is 2.36. The third-order valence-corrected chi connectivity index (χ3v) is 24.4.